The molecule has 1 saturated heterocycles. The molecule has 1 atom stereocenters. The molecule has 1 amide bonds. The van der Waals surface area contributed by atoms with E-state index in [1.54, 1.807) is 0 Å². The molecule has 27 heavy (non-hydrogen) atoms. The van der Waals surface area contributed by atoms with Crippen LogP contribution >= 0.6 is 12.4 Å². The minimum atomic E-state index is -0.715. The molecule has 150 valence electrons. The highest BCUT2D eigenvalue weighted by molar-refractivity contribution is 5.94. The van der Waals surface area contributed by atoms with Crippen LogP contribution in [0.3, 0.4) is 0 Å². The fourth-order valence-electron chi connectivity index (χ4n) is 4.31. The van der Waals surface area contributed by atoms with Crippen LogP contribution in [0.5, 0.6) is 0 Å². The average molecular weight is 395 g/mol. The number of halogens is 1. The number of benzene rings is 1. The summed E-state index contributed by atoms with van der Waals surface area (Å²) in [7, 11) is 2.15. The Morgan fingerprint density at radius 1 is 1.11 bits per heavy atom. The van der Waals surface area contributed by atoms with E-state index in [0.717, 1.165) is 50.8 Å². The van der Waals surface area contributed by atoms with Crippen molar-refractivity contribution in [2.24, 2.45) is 5.92 Å². The van der Waals surface area contributed by atoms with Crippen LogP contribution in [0.25, 0.3) is 0 Å². The number of rotatable bonds is 6. The highest BCUT2D eigenvalue weighted by atomic mass is 35.5. The van der Waals surface area contributed by atoms with Crippen LogP contribution in [0, 0.1) is 5.92 Å². The van der Waals surface area contributed by atoms with E-state index in [4.69, 9.17) is 5.11 Å². The lowest BCUT2D eigenvalue weighted by Gasteiger charge is -2.29. The molecule has 1 aromatic rings. The molecule has 1 aromatic carbocycles. The summed E-state index contributed by atoms with van der Waals surface area (Å²) >= 11 is 0. The van der Waals surface area contributed by atoms with Crippen molar-refractivity contribution in [3.8, 4) is 0 Å². The van der Waals surface area contributed by atoms with Gasteiger partial charge in [0.25, 0.3) is 5.91 Å². The van der Waals surface area contributed by atoms with Crippen LogP contribution in [-0.4, -0.2) is 48.1 Å². The Labute approximate surface area is 167 Å². The molecule has 1 aliphatic carbocycles. The normalized spacial score (nSPS) is 25.6. The predicted molar refractivity (Wildman–Crippen MR) is 109 cm³/mol. The number of carbonyl (C=O) groups is 2. The van der Waals surface area contributed by atoms with Gasteiger partial charge >= 0.3 is 5.97 Å². The maximum Gasteiger partial charge on any atom is 0.303 e. The SMILES string of the molecule is CN1CCC(c2ccc(C(=O)NC3CCC(CCC(=O)O)CC3)cc2)C1.Cl. The largest absolute Gasteiger partial charge is 0.481 e. The van der Waals surface area contributed by atoms with Gasteiger partial charge in [-0.3, -0.25) is 9.59 Å². The second kappa shape index (κ2) is 10.1. The van der Waals surface area contributed by atoms with Crippen molar-refractivity contribution in [2.45, 2.75) is 56.9 Å². The maximum absolute atomic E-state index is 12.5. The monoisotopic (exact) mass is 394 g/mol. The van der Waals surface area contributed by atoms with Crippen molar-refractivity contribution in [1.29, 1.82) is 0 Å². The lowest BCUT2D eigenvalue weighted by Crippen LogP contribution is -2.37. The molecule has 0 radical (unpaired) electrons. The minimum absolute atomic E-state index is 0. The van der Waals surface area contributed by atoms with Gasteiger partial charge in [-0.05, 0) is 81.6 Å². The zero-order valence-corrected chi connectivity index (χ0v) is 16.8. The number of nitrogens with one attached hydrogen (secondary N) is 1. The first-order valence-electron chi connectivity index (χ1n) is 9.82. The zero-order chi connectivity index (χ0) is 18.5. The number of amides is 1. The Morgan fingerprint density at radius 3 is 2.33 bits per heavy atom. The molecule has 6 heteroatoms. The topological polar surface area (TPSA) is 69.6 Å². The Hall–Kier alpha value is -1.59. The van der Waals surface area contributed by atoms with E-state index >= 15 is 0 Å². The molecule has 0 bridgehead atoms. The van der Waals surface area contributed by atoms with E-state index in [1.807, 2.05) is 12.1 Å². The Morgan fingerprint density at radius 2 is 1.78 bits per heavy atom. The summed E-state index contributed by atoms with van der Waals surface area (Å²) in [5.41, 5.74) is 2.05. The van der Waals surface area contributed by atoms with Crippen molar-refractivity contribution in [3.63, 3.8) is 0 Å². The van der Waals surface area contributed by atoms with Crippen molar-refractivity contribution in [1.82, 2.24) is 10.2 Å². The Balaban J connectivity index is 0.00000261. The molecule has 0 spiro atoms. The third kappa shape index (κ3) is 6.22. The molecule has 2 N–H and O–H groups in total. The quantitative estimate of drug-likeness (QED) is 0.772. The smallest absolute Gasteiger partial charge is 0.303 e. The van der Waals surface area contributed by atoms with Gasteiger partial charge in [-0.2, -0.15) is 0 Å². The standard InChI is InChI=1S/C21H30N2O3.ClH/c1-23-13-12-18(14-23)16-5-7-17(8-6-16)21(26)22-19-9-2-15(3-10-19)4-11-20(24)25;/h5-8,15,18-19H,2-4,9-14H2,1H3,(H,22,26)(H,24,25);1H. The number of aliphatic carboxylic acids is 1. The van der Waals surface area contributed by atoms with Crippen LogP contribution in [0.15, 0.2) is 24.3 Å². The summed E-state index contributed by atoms with van der Waals surface area (Å²) in [6, 6.07) is 8.30. The predicted octanol–water partition coefficient (Wildman–Crippen LogP) is 3.68. The first-order chi connectivity index (χ1) is 12.5. The van der Waals surface area contributed by atoms with Gasteiger partial charge in [-0.25, -0.2) is 0 Å². The van der Waals surface area contributed by atoms with Gasteiger partial charge < -0.3 is 15.3 Å². The van der Waals surface area contributed by atoms with Gasteiger partial charge in [0.2, 0.25) is 0 Å². The summed E-state index contributed by atoms with van der Waals surface area (Å²) in [6.45, 7) is 2.23. The zero-order valence-electron chi connectivity index (χ0n) is 16.0. The molecule has 2 fully saturated rings. The third-order valence-corrected chi connectivity index (χ3v) is 5.98. The highest BCUT2D eigenvalue weighted by Crippen LogP contribution is 2.28. The van der Waals surface area contributed by atoms with E-state index in [1.165, 1.54) is 12.0 Å². The molecule has 1 heterocycles. The number of likely N-dealkylation sites (N-methyl/N-ethyl adjacent to an activating group) is 1. The number of hydrogen-bond acceptors (Lipinski definition) is 3. The molecular weight excluding hydrogens is 364 g/mol. The van der Waals surface area contributed by atoms with Gasteiger partial charge in [-0.1, -0.05) is 12.1 Å². The van der Waals surface area contributed by atoms with Crippen LogP contribution in [0.4, 0.5) is 0 Å². The fourth-order valence-corrected chi connectivity index (χ4v) is 4.31. The summed E-state index contributed by atoms with van der Waals surface area (Å²) in [4.78, 5) is 25.5. The maximum atomic E-state index is 12.5. The summed E-state index contributed by atoms with van der Waals surface area (Å²) in [5, 5.41) is 11.9. The number of likely N-dealkylation sites (tertiary alicyclic amines) is 1. The number of carbonyl (C=O) groups excluding carboxylic acids is 1. The third-order valence-electron chi connectivity index (χ3n) is 5.98. The summed E-state index contributed by atoms with van der Waals surface area (Å²) < 4.78 is 0. The van der Waals surface area contributed by atoms with Crippen molar-refractivity contribution < 1.29 is 14.7 Å². The Kier molecular flexibility index (Phi) is 8.11. The lowest BCUT2D eigenvalue weighted by molar-refractivity contribution is -0.137. The Bertz CT molecular complexity index is 627. The van der Waals surface area contributed by atoms with Gasteiger partial charge in [0.1, 0.15) is 0 Å². The van der Waals surface area contributed by atoms with Gasteiger partial charge in [0.05, 0.1) is 0 Å². The van der Waals surface area contributed by atoms with Crippen LogP contribution in [0.1, 0.15) is 66.8 Å². The molecule has 2 aliphatic rings. The highest BCUT2D eigenvalue weighted by Gasteiger charge is 2.24. The fraction of sp³-hybridized carbons (Fsp3) is 0.619. The first kappa shape index (κ1) is 21.7. The molecule has 1 saturated carbocycles. The van der Waals surface area contributed by atoms with Gasteiger partial charge in [-0.15, -0.1) is 12.4 Å². The second-order valence-corrected chi connectivity index (χ2v) is 7.99. The number of hydrogen-bond donors (Lipinski definition) is 2. The van der Waals surface area contributed by atoms with Crippen LogP contribution in [-0.2, 0) is 4.79 Å². The van der Waals surface area contributed by atoms with Crippen molar-refractivity contribution in [2.75, 3.05) is 20.1 Å². The lowest BCUT2D eigenvalue weighted by atomic mass is 9.83. The van der Waals surface area contributed by atoms with E-state index in [9.17, 15) is 9.59 Å². The summed E-state index contributed by atoms with van der Waals surface area (Å²) in [5.74, 6) is 0.364. The van der Waals surface area contributed by atoms with Crippen molar-refractivity contribution >= 4 is 24.3 Å². The van der Waals surface area contributed by atoms with E-state index in [0.29, 0.717) is 11.8 Å². The second-order valence-electron chi connectivity index (χ2n) is 7.99. The van der Waals surface area contributed by atoms with E-state index < -0.39 is 5.97 Å². The molecular formula is C21H31ClN2O3. The first-order valence-corrected chi connectivity index (χ1v) is 9.82. The minimum Gasteiger partial charge on any atom is -0.481 e. The van der Waals surface area contributed by atoms with E-state index in [2.05, 4.69) is 29.4 Å². The van der Waals surface area contributed by atoms with Gasteiger partial charge in [0, 0.05) is 24.6 Å². The summed E-state index contributed by atoms with van der Waals surface area (Å²) in [6.07, 6.45) is 6.11. The molecule has 1 unspecified atom stereocenters. The number of nitrogens with zero attached hydrogens (tertiary/aromatic N) is 1. The average Bonchev–Trinajstić information content (AvgIpc) is 3.07. The molecule has 0 aromatic heterocycles. The van der Waals surface area contributed by atoms with Crippen LogP contribution in [0.2, 0.25) is 0 Å². The number of carboxylic acids is 1. The van der Waals surface area contributed by atoms with Gasteiger partial charge in [0.15, 0.2) is 0 Å². The molecule has 5 nitrogen and oxygen atoms in total. The van der Waals surface area contributed by atoms with Crippen LogP contribution < -0.4 is 5.32 Å². The molecule has 3 rings (SSSR count). The molecule has 1 aliphatic heterocycles. The van der Waals surface area contributed by atoms with E-state index in [-0.39, 0.29) is 30.8 Å². The van der Waals surface area contributed by atoms with Crippen molar-refractivity contribution in [3.05, 3.63) is 35.4 Å². The number of carboxylic acid groups (broad SMARTS) is 1.